The van der Waals surface area contributed by atoms with E-state index in [2.05, 4.69) is 15.4 Å². The monoisotopic (exact) mass is 412 g/mol. The minimum atomic E-state index is -1.91. The molecule has 2 heterocycles. The number of aliphatic hydroxyl groups is 1. The zero-order chi connectivity index (χ0) is 19.6. The van der Waals surface area contributed by atoms with Crippen molar-refractivity contribution in [1.82, 2.24) is 20.1 Å². The number of benzene rings is 1. The molecule has 0 unspecified atom stereocenters. The molecule has 2 atom stereocenters. The lowest BCUT2D eigenvalue weighted by Gasteiger charge is -2.35. The Morgan fingerprint density at radius 1 is 1.41 bits per heavy atom. The maximum atomic E-state index is 14.4. The van der Waals surface area contributed by atoms with Gasteiger partial charge in [-0.15, -0.1) is 11.3 Å². The van der Waals surface area contributed by atoms with E-state index < -0.39 is 29.2 Å². The molecule has 0 aliphatic carbocycles. The van der Waals surface area contributed by atoms with Crippen LogP contribution >= 0.6 is 22.9 Å². The van der Waals surface area contributed by atoms with E-state index in [-0.39, 0.29) is 12.1 Å². The minimum absolute atomic E-state index is 0.170. The van der Waals surface area contributed by atoms with Gasteiger partial charge in [0.2, 0.25) is 0 Å². The molecule has 0 saturated carbocycles. The Labute approximate surface area is 162 Å². The van der Waals surface area contributed by atoms with Crippen LogP contribution in [-0.2, 0) is 12.1 Å². The third-order valence-electron chi connectivity index (χ3n) is 4.13. The second-order valence-corrected chi connectivity index (χ2v) is 7.66. The largest absolute Gasteiger partial charge is 0.381 e. The van der Waals surface area contributed by atoms with Crippen LogP contribution in [0.5, 0.6) is 0 Å². The fraction of sp³-hybridized carbons (Fsp3) is 0.235. The molecule has 0 fully saturated rings. The van der Waals surface area contributed by atoms with Gasteiger partial charge in [-0.05, 0) is 25.1 Å². The van der Waals surface area contributed by atoms with Crippen molar-refractivity contribution in [3.05, 3.63) is 69.4 Å². The topological polar surface area (TPSA) is 80.0 Å². The summed E-state index contributed by atoms with van der Waals surface area (Å²) < 4.78 is 29.5. The number of carbonyl (C=O) groups is 1. The summed E-state index contributed by atoms with van der Waals surface area (Å²) >= 11 is 6.92. The van der Waals surface area contributed by atoms with Crippen LogP contribution in [0.1, 0.15) is 22.2 Å². The molecule has 3 rings (SSSR count). The number of hydrogen-bond acceptors (Lipinski definition) is 5. The molecular weight excluding hydrogens is 398 g/mol. The molecule has 1 amide bonds. The fourth-order valence-electron chi connectivity index (χ4n) is 2.68. The number of rotatable bonds is 6. The third-order valence-corrected chi connectivity index (χ3v) is 5.36. The van der Waals surface area contributed by atoms with Gasteiger partial charge in [-0.3, -0.25) is 4.79 Å². The molecule has 0 bridgehead atoms. The Hall–Kier alpha value is -2.36. The predicted molar refractivity (Wildman–Crippen MR) is 96.5 cm³/mol. The average Bonchev–Trinajstić information content (AvgIpc) is 3.26. The first kappa shape index (κ1) is 19.4. The standard InChI is InChI=1S/C17H15ClF2N4O2S/c1-10(23-16(25)14-4-5-15(18)27-14)17(26,7-24-9-21-8-22-24)12-3-2-11(19)6-13(12)20/h2-6,8-10,26H,7H2,1H3,(H,23,25)/t10-,17-/m1/s1. The van der Waals surface area contributed by atoms with Crippen molar-refractivity contribution in [3.63, 3.8) is 0 Å². The first-order chi connectivity index (χ1) is 12.8. The smallest absolute Gasteiger partial charge is 0.261 e. The summed E-state index contributed by atoms with van der Waals surface area (Å²) in [5, 5.41) is 17.9. The molecule has 10 heteroatoms. The van der Waals surface area contributed by atoms with Crippen LogP contribution in [0.3, 0.4) is 0 Å². The van der Waals surface area contributed by atoms with Gasteiger partial charge in [0.1, 0.15) is 29.9 Å². The van der Waals surface area contributed by atoms with Gasteiger partial charge in [0.25, 0.3) is 5.91 Å². The highest BCUT2D eigenvalue weighted by molar-refractivity contribution is 7.18. The molecule has 142 valence electrons. The van der Waals surface area contributed by atoms with Crippen LogP contribution in [-0.4, -0.2) is 31.8 Å². The third kappa shape index (κ3) is 4.15. The number of halogens is 3. The molecule has 2 aromatic heterocycles. The SMILES string of the molecule is C[C@@H](NC(=O)c1ccc(Cl)s1)[C@](O)(Cn1cncn1)c1ccc(F)cc1F. The highest BCUT2D eigenvalue weighted by atomic mass is 35.5. The first-order valence-electron chi connectivity index (χ1n) is 7.86. The summed E-state index contributed by atoms with van der Waals surface area (Å²) in [5.74, 6) is -2.18. The Bertz CT molecular complexity index is 950. The number of nitrogens with one attached hydrogen (secondary N) is 1. The van der Waals surface area contributed by atoms with E-state index in [9.17, 15) is 18.7 Å². The van der Waals surface area contributed by atoms with Gasteiger partial charge in [-0.2, -0.15) is 5.10 Å². The maximum Gasteiger partial charge on any atom is 0.261 e. The molecule has 27 heavy (non-hydrogen) atoms. The zero-order valence-electron chi connectivity index (χ0n) is 14.1. The van der Waals surface area contributed by atoms with Gasteiger partial charge < -0.3 is 10.4 Å². The van der Waals surface area contributed by atoms with E-state index in [0.29, 0.717) is 15.3 Å². The quantitative estimate of drug-likeness (QED) is 0.652. The Kier molecular flexibility index (Phi) is 5.54. The van der Waals surface area contributed by atoms with Crippen molar-refractivity contribution in [1.29, 1.82) is 0 Å². The van der Waals surface area contributed by atoms with E-state index in [4.69, 9.17) is 11.6 Å². The normalized spacial score (nSPS) is 14.6. The molecule has 1 aromatic carbocycles. The van der Waals surface area contributed by atoms with E-state index in [1.165, 1.54) is 24.3 Å². The zero-order valence-corrected chi connectivity index (χ0v) is 15.6. The molecule has 6 nitrogen and oxygen atoms in total. The summed E-state index contributed by atoms with van der Waals surface area (Å²) in [6.07, 6.45) is 2.61. The van der Waals surface area contributed by atoms with Crippen molar-refractivity contribution in [2.45, 2.75) is 25.1 Å². The van der Waals surface area contributed by atoms with E-state index in [1.54, 1.807) is 12.1 Å². The first-order valence-corrected chi connectivity index (χ1v) is 9.05. The Morgan fingerprint density at radius 2 is 2.19 bits per heavy atom. The van der Waals surface area contributed by atoms with Crippen molar-refractivity contribution in [2.24, 2.45) is 0 Å². The lowest BCUT2D eigenvalue weighted by Crippen LogP contribution is -2.51. The minimum Gasteiger partial charge on any atom is -0.381 e. The van der Waals surface area contributed by atoms with E-state index >= 15 is 0 Å². The van der Waals surface area contributed by atoms with Crippen molar-refractivity contribution in [2.75, 3.05) is 0 Å². The second kappa shape index (κ2) is 7.71. The van der Waals surface area contributed by atoms with Gasteiger partial charge >= 0.3 is 0 Å². The second-order valence-electron chi connectivity index (χ2n) is 5.94. The Morgan fingerprint density at radius 3 is 2.78 bits per heavy atom. The van der Waals surface area contributed by atoms with Crippen LogP contribution in [0.4, 0.5) is 8.78 Å². The summed E-state index contributed by atoms with van der Waals surface area (Å²) in [5.41, 5.74) is -2.08. The fourth-order valence-corrected chi connectivity index (χ4v) is 3.63. The summed E-state index contributed by atoms with van der Waals surface area (Å²) in [6, 6.07) is 5.03. The highest BCUT2D eigenvalue weighted by Gasteiger charge is 2.40. The van der Waals surface area contributed by atoms with Gasteiger partial charge in [0.05, 0.1) is 21.8 Å². The number of carbonyl (C=O) groups excluding carboxylic acids is 1. The van der Waals surface area contributed by atoms with Gasteiger partial charge in [0, 0.05) is 11.6 Å². The number of nitrogens with zero attached hydrogens (tertiary/aromatic N) is 3. The number of hydrogen-bond donors (Lipinski definition) is 2. The summed E-state index contributed by atoms with van der Waals surface area (Å²) in [7, 11) is 0. The Balaban J connectivity index is 1.94. The van der Waals surface area contributed by atoms with E-state index in [1.807, 2.05) is 0 Å². The highest BCUT2D eigenvalue weighted by Crippen LogP contribution is 2.30. The summed E-state index contributed by atoms with van der Waals surface area (Å²) in [4.78, 5) is 16.6. The molecule has 2 N–H and O–H groups in total. The van der Waals surface area contributed by atoms with Gasteiger partial charge in [-0.1, -0.05) is 17.7 Å². The van der Waals surface area contributed by atoms with Crippen LogP contribution < -0.4 is 5.32 Å². The average molecular weight is 413 g/mol. The van der Waals surface area contributed by atoms with Gasteiger partial charge in [-0.25, -0.2) is 18.4 Å². The van der Waals surface area contributed by atoms with E-state index in [0.717, 1.165) is 23.5 Å². The molecule has 0 radical (unpaired) electrons. The molecule has 3 aromatic rings. The predicted octanol–water partition coefficient (Wildman–Crippen LogP) is 2.98. The van der Waals surface area contributed by atoms with Crippen LogP contribution in [0.15, 0.2) is 43.0 Å². The van der Waals surface area contributed by atoms with Crippen molar-refractivity contribution >= 4 is 28.8 Å². The van der Waals surface area contributed by atoms with Crippen LogP contribution in [0, 0.1) is 11.6 Å². The molecule has 0 aliphatic rings. The molecular formula is C17H15ClF2N4O2S. The van der Waals surface area contributed by atoms with Crippen LogP contribution in [0.2, 0.25) is 4.34 Å². The number of thiophene rings is 1. The lowest BCUT2D eigenvalue weighted by molar-refractivity contribution is -0.0185. The van der Waals surface area contributed by atoms with Crippen molar-refractivity contribution in [3.8, 4) is 0 Å². The lowest BCUT2D eigenvalue weighted by atomic mass is 9.86. The van der Waals surface area contributed by atoms with Crippen LogP contribution in [0.25, 0.3) is 0 Å². The van der Waals surface area contributed by atoms with Gasteiger partial charge in [0.15, 0.2) is 0 Å². The van der Waals surface area contributed by atoms with Crippen molar-refractivity contribution < 1.29 is 18.7 Å². The molecule has 0 aliphatic heterocycles. The molecule has 0 spiro atoms. The molecule has 0 saturated heterocycles. The maximum absolute atomic E-state index is 14.4. The number of aromatic nitrogens is 3. The summed E-state index contributed by atoms with van der Waals surface area (Å²) in [6.45, 7) is 1.31. The number of amides is 1.